The van der Waals surface area contributed by atoms with E-state index in [9.17, 15) is 13.2 Å². The van der Waals surface area contributed by atoms with Gasteiger partial charge in [0.25, 0.3) is 0 Å². The second-order valence-electron chi connectivity index (χ2n) is 3.31. The van der Waals surface area contributed by atoms with E-state index in [1.165, 1.54) is 0 Å². The van der Waals surface area contributed by atoms with E-state index in [0.717, 1.165) is 11.6 Å². The minimum Gasteiger partial charge on any atom is -0.264 e. The second kappa shape index (κ2) is 6.89. The Hall–Kier alpha value is -1.58. The van der Waals surface area contributed by atoms with Gasteiger partial charge in [0, 0.05) is 6.08 Å². The van der Waals surface area contributed by atoms with E-state index >= 15 is 0 Å². The smallest absolute Gasteiger partial charge is 0.264 e. The third kappa shape index (κ3) is 5.90. The fraction of sp³-hybridized carbons (Fsp3) is 0.308. The molecule has 0 saturated heterocycles. The quantitative estimate of drug-likeness (QED) is 0.505. The van der Waals surface area contributed by atoms with Gasteiger partial charge in [-0.1, -0.05) is 18.2 Å². The number of rotatable bonds is 4. The van der Waals surface area contributed by atoms with Crippen molar-refractivity contribution in [3.8, 4) is 0 Å². The molecule has 0 aliphatic carbocycles. The molecule has 17 heavy (non-hydrogen) atoms. The van der Waals surface area contributed by atoms with Gasteiger partial charge in [-0.15, -0.1) is 0 Å². The minimum atomic E-state index is -4.32. The molecule has 0 aromatic carbocycles. The van der Waals surface area contributed by atoms with Gasteiger partial charge in [-0.2, -0.15) is 13.2 Å². The normalized spacial score (nSPS) is 15.5. The summed E-state index contributed by atoms with van der Waals surface area (Å²) in [6.45, 7) is 8.63. The van der Waals surface area contributed by atoms with Crippen LogP contribution in [-0.2, 0) is 0 Å². The van der Waals surface area contributed by atoms with Crippen LogP contribution in [0.1, 0.15) is 20.8 Å². The lowest BCUT2D eigenvalue weighted by atomic mass is 10.1. The summed E-state index contributed by atoms with van der Waals surface area (Å²) in [6.07, 6.45) is 2.00. The highest BCUT2D eigenvalue weighted by molar-refractivity contribution is 5.48. The molecule has 0 N–H and O–H groups in total. The minimum absolute atomic E-state index is 0.191. The largest absolute Gasteiger partial charge is 0.409 e. The molecule has 0 fully saturated rings. The zero-order valence-corrected chi connectivity index (χ0v) is 10.2. The Morgan fingerprint density at radius 2 is 1.76 bits per heavy atom. The van der Waals surface area contributed by atoms with Crippen LogP contribution < -0.4 is 0 Å². The number of nitrogens with zero attached hydrogens (tertiary/aromatic N) is 1. The SMILES string of the molecule is C=NC(=C(C)\C=C\C)/C(/C=C/C(F)(F)F)=C/C. The van der Waals surface area contributed by atoms with Crippen molar-refractivity contribution < 1.29 is 13.2 Å². The standard InChI is InChI=1S/C13H16F3N/c1-5-7-10(3)12(17-4)11(6-2)8-9-13(14,15)16/h5-9H,4H2,1-3H3/b7-5+,9-8+,11-6+,12-10-. The molecular weight excluding hydrogens is 227 g/mol. The molecule has 0 aromatic rings. The number of aliphatic imine (C=N–C) groups is 1. The van der Waals surface area contributed by atoms with E-state index < -0.39 is 6.18 Å². The molecule has 0 saturated carbocycles. The van der Waals surface area contributed by atoms with Crippen LogP contribution in [-0.4, -0.2) is 12.9 Å². The van der Waals surface area contributed by atoms with Crippen molar-refractivity contribution in [2.45, 2.75) is 26.9 Å². The number of alkyl halides is 3. The van der Waals surface area contributed by atoms with Gasteiger partial charge in [-0.3, -0.25) is 4.99 Å². The molecule has 0 atom stereocenters. The van der Waals surface area contributed by atoms with E-state index in [0.29, 0.717) is 11.3 Å². The lowest BCUT2D eigenvalue weighted by Gasteiger charge is -2.06. The zero-order valence-electron chi connectivity index (χ0n) is 10.2. The van der Waals surface area contributed by atoms with E-state index in [-0.39, 0.29) is 6.08 Å². The van der Waals surface area contributed by atoms with Gasteiger partial charge in [-0.05, 0) is 44.7 Å². The van der Waals surface area contributed by atoms with Gasteiger partial charge >= 0.3 is 6.18 Å². The summed E-state index contributed by atoms with van der Waals surface area (Å²) < 4.78 is 36.2. The number of allylic oxidation sites excluding steroid dienone is 6. The number of halogens is 3. The molecule has 1 nitrogen and oxygen atoms in total. The highest BCUT2D eigenvalue weighted by Crippen LogP contribution is 2.22. The first kappa shape index (κ1) is 15.4. The topological polar surface area (TPSA) is 12.4 Å². The van der Waals surface area contributed by atoms with Crippen LogP contribution in [0.25, 0.3) is 0 Å². The molecule has 4 heteroatoms. The van der Waals surface area contributed by atoms with Crippen molar-refractivity contribution in [1.82, 2.24) is 0 Å². The van der Waals surface area contributed by atoms with Crippen LogP contribution in [0.4, 0.5) is 13.2 Å². The molecular formula is C13H16F3N. The highest BCUT2D eigenvalue weighted by atomic mass is 19.4. The van der Waals surface area contributed by atoms with Crippen molar-refractivity contribution in [1.29, 1.82) is 0 Å². The summed E-state index contributed by atoms with van der Waals surface area (Å²) >= 11 is 0. The zero-order chi connectivity index (χ0) is 13.5. The Morgan fingerprint density at radius 3 is 2.12 bits per heavy atom. The Labute approximate surface area is 99.8 Å². The second-order valence-corrected chi connectivity index (χ2v) is 3.31. The van der Waals surface area contributed by atoms with E-state index in [2.05, 4.69) is 11.7 Å². The third-order valence-electron chi connectivity index (χ3n) is 1.98. The maximum atomic E-state index is 12.1. The van der Waals surface area contributed by atoms with Gasteiger partial charge in [0.1, 0.15) is 0 Å². The average molecular weight is 243 g/mol. The van der Waals surface area contributed by atoms with Crippen molar-refractivity contribution in [3.63, 3.8) is 0 Å². The molecule has 0 heterocycles. The molecule has 0 unspecified atom stereocenters. The van der Waals surface area contributed by atoms with Crippen LogP contribution in [0.15, 0.2) is 52.2 Å². The monoisotopic (exact) mass is 243 g/mol. The number of hydrogen-bond acceptors (Lipinski definition) is 1. The molecule has 0 aromatic heterocycles. The van der Waals surface area contributed by atoms with Gasteiger partial charge in [0.05, 0.1) is 5.70 Å². The Kier molecular flexibility index (Phi) is 6.25. The first-order valence-corrected chi connectivity index (χ1v) is 5.08. The maximum absolute atomic E-state index is 12.1. The molecule has 0 radical (unpaired) electrons. The van der Waals surface area contributed by atoms with Crippen LogP contribution in [0.3, 0.4) is 0 Å². The summed E-state index contributed by atoms with van der Waals surface area (Å²) in [6, 6.07) is 0. The predicted octanol–water partition coefficient (Wildman–Crippen LogP) is 4.60. The third-order valence-corrected chi connectivity index (χ3v) is 1.98. The van der Waals surface area contributed by atoms with Crippen molar-refractivity contribution in [2.75, 3.05) is 0 Å². The Morgan fingerprint density at radius 1 is 1.18 bits per heavy atom. The average Bonchev–Trinajstić information content (AvgIpc) is 2.22. The molecule has 0 amide bonds. The fourth-order valence-corrected chi connectivity index (χ4v) is 1.27. The molecule has 0 spiro atoms. The van der Waals surface area contributed by atoms with Gasteiger partial charge < -0.3 is 0 Å². The summed E-state index contributed by atoms with van der Waals surface area (Å²) in [5, 5.41) is 0. The summed E-state index contributed by atoms with van der Waals surface area (Å²) in [5.74, 6) is 0. The summed E-state index contributed by atoms with van der Waals surface area (Å²) in [7, 11) is 0. The number of hydrogen-bond donors (Lipinski definition) is 0. The molecule has 94 valence electrons. The van der Waals surface area contributed by atoms with Gasteiger partial charge in [-0.25, -0.2) is 0 Å². The van der Waals surface area contributed by atoms with E-state index in [4.69, 9.17) is 0 Å². The maximum Gasteiger partial charge on any atom is 0.409 e. The van der Waals surface area contributed by atoms with Crippen LogP contribution in [0.2, 0.25) is 0 Å². The Bertz CT molecular complexity index is 382. The van der Waals surface area contributed by atoms with Crippen molar-refractivity contribution in [3.05, 3.63) is 47.2 Å². The Balaban J connectivity index is 5.33. The lowest BCUT2D eigenvalue weighted by Crippen LogP contribution is -2.01. The van der Waals surface area contributed by atoms with Gasteiger partial charge in [0.2, 0.25) is 0 Å². The molecule has 0 bridgehead atoms. The fourth-order valence-electron chi connectivity index (χ4n) is 1.27. The summed E-state index contributed by atoms with van der Waals surface area (Å²) in [4.78, 5) is 3.77. The van der Waals surface area contributed by atoms with Crippen LogP contribution in [0, 0.1) is 0 Å². The molecule has 0 aliphatic rings. The highest BCUT2D eigenvalue weighted by Gasteiger charge is 2.22. The van der Waals surface area contributed by atoms with Crippen molar-refractivity contribution >= 4 is 6.72 Å². The molecule has 0 aliphatic heterocycles. The lowest BCUT2D eigenvalue weighted by molar-refractivity contribution is -0.0798. The van der Waals surface area contributed by atoms with Crippen molar-refractivity contribution in [2.24, 2.45) is 4.99 Å². The first-order chi connectivity index (χ1) is 7.85. The summed E-state index contributed by atoms with van der Waals surface area (Å²) in [5.41, 5.74) is 1.61. The van der Waals surface area contributed by atoms with E-state index in [1.807, 2.05) is 6.92 Å². The predicted molar refractivity (Wildman–Crippen MR) is 66.0 cm³/mol. The van der Waals surface area contributed by atoms with Crippen LogP contribution >= 0.6 is 0 Å². The first-order valence-electron chi connectivity index (χ1n) is 5.08. The van der Waals surface area contributed by atoms with Crippen LogP contribution in [0.5, 0.6) is 0 Å². The van der Waals surface area contributed by atoms with E-state index in [1.54, 1.807) is 32.1 Å². The van der Waals surface area contributed by atoms with Gasteiger partial charge in [0.15, 0.2) is 0 Å². The molecule has 0 rings (SSSR count).